The van der Waals surface area contributed by atoms with Crippen molar-refractivity contribution < 1.29 is 4.89 Å². The molecule has 0 aromatic heterocycles. The Morgan fingerprint density at radius 2 is 1.57 bits per heavy atom. The molecular weight excluding hydrogens is 122 g/mol. The molecule has 0 saturated carbocycles. The predicted molar refractivity (Wildman–Crippen MR) is 40.2 cm³/mol. The fraction of sp³-hybridized carbons (Fsp3) is 1.00. The summed E-state index contributed by atoms with van der Waals surface area (Å²) in [6.07, 6.45) is 1.90. The summed E-state index contributed by atoms with van der Waals surface area (Å²) in [6.45, 7) is 4.02. The molecule has 0 aliphatic carbocycles. The summed E-state index contributed by atoms with van der Waals surface area (Å²) in [5.41, 5.74) is 0. The molecule has 0 rings (SSSR count). The van der Waals surface area contributed by atoms with Gasteiger partial charge in [-0.05, 0) is 12.3 Å². The highest BCUT2D eigenvalue weighted by atomic mass is 31.1. The van der Waals surface area contributed by atoms with Crippen molar-refractivity contribution in [2.75, 3.05) is 12.3 Å². The summed E-state index contributed by atoms with van der Waals surface area (Å²) >= 11 is 0. The Balaban J connectivity index is 0. The molecule has 0 radical (unpaired) electrons. The first-order valence-corrected chi connectivity index (χ1v) is 3.91. The average molecular weight is 136 g/mol. The molecule has 0 spiro atoms. The fourth-order valence-corrected chi connectivity index (χ4v) is 0.671. The molecule has 0 amide bonds. The number of hydrogen-bond acceptors (Lipinski definition) is 1. The molecule has 0 bridgehead atoms. The molecular formula is C4H14AlOP. The molecule has 44 valence electrons. The van der Waals surface area contributed by atoms with Crippen molar-refractivity contribution in [2.45, 2.75) is 13.8 Å². The molecule has 0 aliphatic heterocycles. The van der Waals surface area contributed by atoms with Gasteiger partial charge in [-0.25, -0.2) is 0 Å². The van der Waals surface area contributed by atoms with Gasteiger partial charge in [-0.1, -0.05) is 13.8 Å². The Morgan fingerprint density at radius 3 is 1.57 bits per heavy atom. The van der Waals surface area contributed by atoms with Crippen molar-refractivity contribution >= 4 is 25.5 Å². The van der Waals surface area contributed by atoms with Crippen molar-refractivity contribution in [3.8, 4) is 0 Å². The summed E-state index contributed by atoms with van der Waals surface area (Å²) in [7, 11) is -0.576. The van der Waals surface area contributed by atoms with Gasteiger partial charge in [0.25, 0.3) is 0 Å². The highest BCUT2D eigenvalue weighted by Gasteiger charge is 1.90. The maximum atomic E-state index is 8.73. The molecule has 0 aliphatic rings. The lowest BCUT2D eigenvalue weighted by atomic mass is 11.0. The zero-order valence-electron chi connectivity index (χ0n) is 4.31. The van der Waals surface area contributed by atoms with E-state index in [1.165, 1.54) is 0 Å². The third-order valence-corrected chi connectivity index (χ3v) is 2.19. The van der Waals surface area contributed by atoms with Gasteiger partial charge in [0.2, 0.25) is 0 Å². The van der Waals surface area contributed by atoms with Crippen LogP contribution in [-0.4, -0.2) is 34.6 Å². The van der Waals surface area contributed by atoms with Crippen LogP contribution in [0.25, 0.3) is 0 Å². The third kappa shape index (κ3) is 6.92. The van der Waals surface area contributed by atoms with Gasteiger partial charge < -0.3 is 4.89 Å². The first kappa shape index (κ1) is 10.8. The van der Waals surface area contributed by atoms with Crippen LogP contribution in [0, 0.1) is 0 Å². The van der Waals surface area contributed by atoms with E-state index in [0.717, 1.165) is 12.3 Å². The Kier molecular flexibility index (Phi) is 10.7. The zero-order chi connectivity index (χ0) is 4.99. The smallest absolute Gasteiger partial charge is 0.187 e. The number of rotatable bonds is 2. The summed E-state index contributed by atoms with van der Waals surface area (Å²) in [6, 6.07) is 0. The minimum Gasteiger partial charge on any atom is -0.374 e. The van der Waals surface area contributed by atoms with E-state index in [9.17, 15) is 0 Å². The Labute approximate surface area is 57.1 Å². The van der Waals surface area contributed by atoms with E-state index in [1.54, 1.807) is 0 Å². The summed E-state index contributed by atoms with van der Waals surface area (Å²) in [5, 5.41) is 0. The lowest BCUT2D eigenvalue weighted by molar-refractivity contribution is 0.626. The second-order valence-electron chi connectivity index (χ2n) is 1.14. The fourth-order valence-electron chi connectivity index (χ4n) is 0.224. The molecule has 0 aromatic carbocycles. The topological polar surface area (TPSA) is 20.2 Å². The third-order valence-electron chi connectivity index (χ3n) is 0.730. The van der Waals surface area contributed by atoms with E-state index in [1.807, 2.05) is 13.8 Å². The van der Waals surface area contributed by atoms with Crippen LogP contribution in [0.1, 0.15) is 13.8 Å². The predicted octanol–water partition coefficient (Wildman–Crippen LogP) is 0.231. The van der Waals surface area contributed by atoms with Gasteiger partial charge in [-0.15, -0.1) is 0 Å². The van der Waals surface area contributed by atoms with Gasteiger partial charge in [0.05, 0.1) is 0 Å². The van der Waals surface area contributed by atoms with Crippen LogP contribution in [0.2, 0.25) is 0 Å². The summed E-state index contributed by atoms with van der Waals surface area (Å²) in [4.78, 5) is 8.73. The maximum Gasteiger partial charge on any atom is 0.187 e. The highest BCUT2D eigenvalue weighted by molar-refractivity contribution is 7.51. The van der Waals surface area contributed by atoms with Crippen molar-refractivity contribution in [1.82, 2.24) is 0 Å². The van der Waals surface area contributed by atoms with Crippen molar-refractivity contribution in [3.05, 3.63) is 0 Å². The zero-order valence-corrected chi connectivity index (χ0v) is 5.20. The molecule has 0 aromatic rings. The number of hydrogen-bond donors (Lipinski definition) is 1. The molecule has 0 heterocycles. The van der Waals surface area contributed by atoms with Gasteiger partial charge >= 0.3 is 0 Å². The Morgan fingerprint density at radius 1 is 1.29 bits per heavy atom. The SMILES string of the molecule is CCP(O)CC.[AlH3]. The first-order valence-electron chi connectivity index (χ1n) is 2.25. The van der Waals surface area contributed by atoms with E-state index in [-0.39, 0.29) is 17.4 Å². The van der Waals surface area contributed by atoms with Crippen LogP contribution >= 0.6 is 8.15 Å². The largest absolute Gasteiger partial charge is 0.374 e. The Hall–Kier alpha value is 0.922. The molecule has 0 atom stereocenters. The normalized spacial score (nSPS) is 8.57. The van der Waals surface area contributed by atoms with Crippen LogP contribution in [0.15, 0.2) is 0 Å². The van der Waals surface area contributed by atoms with Gasteiger partial charge in [0.1, 0.15) is 0 Å². The molecule has 7 heavy (non-hydrogen) atoms. The molecule has 1 N–H and O–H groups in total. The van der Waals surface area contributed by atoms with Crippen molar-refractivity contribution in [3.63, 3.8) is 0 Å². The second kappa shape index (κ2) is 6.92. The molecule has 1 nitrogen and oxygen atoms in total. The van der Waals surface area contributed by atoms with Crippen LogP contribution in [-0.2, 0) is 0 Å². The van der Waals surface area contributed by atoms with Crippen LogP contribution in [0.5, 0.6) is 0 Å². The van der Waals surface area contributed by atoms with Gasteiger partial charge in [0.15, 0.2) is 17.4 Å². The van der Waals surface area contributed by atoms with Crippen LogP contribution in [0.3, 0.4) is 0 Å². The molecule has 3 heteroatoms. The summed E-state index contributed by atoms with van der Waals surface area (Å²) < 4.78 is 0. The minimum atomic E-state index is -0.576. The summed E-state index contributed by atoms with van der Waals surface area (Å²) in [5.74, 6) is 0. The van der Waals surface area contributed by atoms with E-state index in [2.05, 4.69) is 0 Å². The van der Waals surface area contributed by atoms with Gasteiger partial charge in [0, 0.05) is 8.15 Å². The quantitative estimate of drug-likeness (QED) is 0.425. The highest BCUT2D eigenvalue weighted by Crippen LogP contribution is 2.26. The van der Waals surface area contributed by atoms with Gasteiger partial charge in [-0.2, -0.15) is 0 Å². The molecule has 0 fully saturated rings. The maximum absolute atomic E-state index is 8.73. The van der Waals surface area contributed by atoms with E-state index in [0.29, 0.717) is 0 Å². The van der Waals surface area contributed by atoms with Gasteiger partial charge in [-0.3, -0.25) is 0 Å². The second-order valence-corrected chi connectivity index (χ2v) is 3.42. The van der Waals surface area contributed by atoms with Crippen LogP contribution in [0.4, 0.5) is 0 Å². The first-order chi connectivity index (χ1) is 2.81. The van der Waals surface area contributed by atoms with E-state index >= 15 is 0 Å². The van der Waals surface area contributed by atoms with E-state index in [4.69, 9.17) is 4.89 Å². The Bertz CT molecular complexity index is 30.9. The molecule has 0 saturated heterocycles. The van der Waals surface area contributed by atoms with Crippen LogP contribution < -0.4 is 0 Å². The standard InChI is InChI=1S/C4H11OP.Al.3H/c1-3-6(5)4-2;;;;/h5H,3-4H2,1-2H3;;;;. The minimum absolute atomic E-state index is 0. The lowest BCUT2D eigenvalue weighted by Gasteiger charge is -1.98. The molecule has 0 unspecified atom stereocenters. The van der Waals surface area contributed by atoms with Crippen molar-refractivity contribution in [2.24, 2.45) is 0 Å². The monoisotopic (exact) mass is 136 g/mol. The average Bonchev–Trinajstić information content (AvgIpc) is 1.65. The lowest BCUT2D eigenvalue weighted by Crippen LogP contribution is -1.76. The van der Waals surface area contributed by atoms with E-state index < -0.39 is 8.15 Å². The van der Waals surface area contributed by atoms with Crippen molar-refractivity contribution in [1.29, 1.82) is 0 Å².